The summed E-state index contributed by atoms with van der Waals surface area (Å²) in [7, 11) is 0. The number of morpholine rings is 1. The number of carbonyl (C=O) groups excluding carboxylic acids is 1. The standard InChI is InChI=1S/C19H22N4O2S/c1-12-8-15-9-14(3)18-20-21-19(23(18)16(15)10-13(12)2)26-11-17(24)22-4-6-25-7-5-22/h8-10H,4-7,11H2,1-3H3. The van der Waals surface area contributed by atoms with Crippen molar-refractivity contribution < 1.29 is 9.53 Å². The second-order valence-corrected chi connectivity index (χ2v) is 7.69. The molecule has 1 aliphatic rings. The van der Waals surface area contributed by atoms with Crippen LogP contribution in [0, 0.1) is 20.8 Å². The lowest BCUT2D eigenvalue weighted by molar-refractivity contribution is -0.132. The van der Waals surface area contributed by atoms with E-state index in [1.807, 2.05) is 11.8 Å². The number of benzene rings is 1. The molecule has 0 spiro atoms. The maximum Gasteiger partial charge on any atom is 0.233 e. The SMILES string of the molecule is Cc1cc2cc(C)c3nnc(SCC(=O)N4CCOCC4)n3c2cc1C. The molecular weight excluding hydrogens is 348 g/mol. The van der Waals surface area contributed by atoms with Gasteiger partial charge in [0.2, 0.25) is 5.91 Å². The fourth-order valence-electron chi connectivity index (χ4n) is 3.30. The molecule has 0 radical (unpaired) electrons. The van der Waals surface area contributed by atoms with Crippen molar-refractivity contribution in [1.29, 1.82) is 0 Å². The monoisotopic (exact) mass is 370 g/mol. The Morgan fingerprint density at radius 2 is 1.77 bits per heavy atom. The van der Waals surface area contributed by atoms with E-state index in [-0.39, 0.29) is 5.91 Å². The summed E-state index contributed by atoms with van der Waals surface area (Å²) in [4.78, 5) is 14.3. The Morgan fingerprint density at radius 1 is 1.08 bits per heavy atom. The minimum atomic E-state index is 0.124. The molecule has 0 N–H and O–H groups in total. The second-order valence-electron chi connectivity index (χ2n) is 6.75. The number of amides is 1. The summed E-state index contributed by atoms with van der Waals surface area (Å²) in [6, 6.07) is 6.53. The van der Waals surface area contributed by atoms with E-state index in [9.17, 15) is 4.79 Å². The summed E-state index contributed by atoms with van der Waals surface area (Å²) in [5.41, 5.74) is 5.51. The molecule has 3 heterocycles. The predicted molar refractivity (Wildman–Crippen MR) is 103 cm³/mol. The van der Waals surface area contributed by atoms with Crippen molar-refractivity contribution in [2.45, 2.75) is 25.9 Å². The Labute approximate surface area is 156 Å². The van der Waals surface area contributed by atoms with E-state index >= 15 is 0 Å². The highest BCUT2D eigenvalue weighted by Gasteiger charge is 2.19. The van der Waals surface area contributed by atoms with Crippen molar-refractivity contribution in [1.82, 2.24) is 19.5 Å². The van der Waals surface area contributed by atoms with Crippen LogP contribution < -0.4 is 0 Å². The summed E-state index contributed by atoms with van der Waals surface area (Å²) in [6.07, 6.45) is 0. The first-order chi connectivity index (χ1) is 12.5. The van der Waals surface area contributed by atoms with Gasteiger partial charge in [-0.25, -0.2) is 0 Å². The molecule has 1 saturated heterocycles. The Bertz CT molecular complexity index is 992. The largest absolute Gasteiger partial charge is 0.378 e. The first-order valence-electron chi connectivity index (χ1n) is 8.78. The Morgan fingerprint density at radius 3 is 2.54 bits per heavy atom. The first kappa shape index (κ1) is 17.3. The number of rotatable bonds is 3. The van der Waals surface area contributed by atoms with Gasteiger partial charge in [-0.15, -0.1) is 10.2 Å². The van der Waals surface area contributed by atoms with Crippen LogP contribution in [0.5, 0.6) is 0 Å². The molecule has 1 amide bonds. The quantitative estimate of drug-likeness (QED) is 0.664. The highest BCUT2D eigenvalue weighted by atomic mass is 32.2. The number of thioether (sulfide) groups is 1. The van der Waals surface area contributed by atoms with Crippen molar-refractivity contribution >= 4 is 34.2 Å². The molecule has 26 heavy (non-hydrogen) atoms. The molecule has 2 aromatic heterocycles. The van der Waals surface area contributed by atoms with Crippen molar-refractivity contribution in [2.75, 3.05) is 32.1 Å². The molecule has 1 fully saturated rings. The Kier molecular flexibility index (Phi) is 4.58. The Hall–Kier alpha value is -2.12. The summed E-state index contributed by atoms with van der Waals surface area (Å²) in [6.45, 7) is 8.85. The van der Waals surface area contributed by atoms with Gasteiger partial charge in [0, 0.05) is 13.1 Å². The summed E-state index contributed by atoms with van der Waals surface area (Å²) >= 11 is 1.45. The number of hydrogen-bond donors (Lipinski definition) is 0. The number of carbonyl (C=O) groups is 1. The maximum absolute atomic E-state index is 12.5. The van der Waals surface area contributed by atoms with Gasteiger partial charge in [0.1, 0.15) is 0 Å². The molecule has 0 saturated carbocycles. The third kappa shape index (κ3) is 3.05. The number of hydrogen-bond acceptors (Lipinski definition) is 5. The number of fused-ring (bicyclic) bond motifs is 3. The highest BCUT2D eigenvalue weighted by Crippen LogP contribution is 2.27. The molecule has 0 bridgehead atoms. The molecule has 1 aromatic carbocycles. The predicted octanol–water partition coefficient (Wildman–Crippen LogP) is 2.76. The zero-order valence-corrected chi connectivity index (χ0v) is 16.1. The first-order valence-corrected chi connectivity index (χ1v) is 9.77. The maximum atomic E-state index is 12.5. The summed E-state index contributed by atoms with van der Waals surface area (Å²) in [5, 5.41) is 10.6. The van der Waals surface area contributed by atoms with Crippen molar-refractivity contribution in [3.63, 3.8) is 0 Å². The van der Waals surface area contributed by atoms with Gasteiger partial charge < -0.3 is 9.64 Å². The fraction of sp³-hybridized carbons (Fsp3) is 0.421. The van der Waals surface area contributed by atoms with Crippen LogP contribution in [0.2, 0.25) is 0 Å². The zero-order chi connectivity index (χ0) is 18.3. The number of ether oxygens (including phenoxy) is 1. The second kappa shape index (κ2) is 6.89. The summed E-state index contributed by atoms with van der Waals surface area (Å²) < 4.78 is 7.39. The molecule has 0 aliphatic carbocycles. The van der Waals surface area contributed by atoms with E-state index < -0.39 is 0 Å². The van der Waals surface area contributed by atoms with Crippen LogP contribution in [0.1, 0.15) is 16.7 Å². The van der Waals surface area contributed by atoms with Crippen LogP contribution in [0.15, 0.2) is 23.4 Å². The summed E-state index contributed by atoms with van der Waals surface area (Å²) in [5.74, 6) is 0.486. The van der Waals surface area contributed by atoms with E-state index in [1.54, 1.807) is 0 Å². The van der Waals surface area contributed by atoms with Crippen molar-refractivity contribution in [3.05, 3.63) is 34.9 Å². The van der Waals surface area contributed by atoms with E-state index in [2.05, 4.69) is 46.6 Å². The van der Waals surface area contributed by atoms with Gasteiger partial charge in [-0.2, -0.15) is 0 Å². The smallest absolute Gasteiger partial charge is 0.233 e. The number of pyridine rings is 1. The van der Waals surface area contributed by atoms with E-state index in [1.165, 1.54) is 28.3 Å². The fourth-order valence-corrected chi connectivity index (χ4v) is 4.14. The third-order valence-corrected chi connectivity index (χ3v) is 5.84. The number of nitrogens with zero attached hydrogens (tertiary/aromatic N) is 4. The van der Waals surface area contributed by atoms with Crippen LogP contribution >= 0.6 is 11.8 Å². The van der Waals surface area contributed by atoms with Gasteiger partial charge in [-0.05, 0) is 61.0 Å². The van der Waals surface area contributed by atoms with Gasteiger partial charge in [0.25, 0.3) is 0 Å². The Balaban J connectivity index is 1.69. The van der Waals surface area contributed by atoms with Crippen LogP contribution in [0.3, 0.4) is 0 Å². The third-order valence-electron chi connectivity index (χ3n) is 4.93. The van der Waals surface area contributed by atoms with Gasteiger partial charge in [0.15, 0.2) is 10.8 Å². The zero-order valence-electron chi connectivity index (χ0n) is 15.3. The van der Waals surface area contributed by atoms with Crippen LogP contribution in [-0.2, 0) is 9.53 Å². The van der Waals surface area contributed by atoms with Gasteiger partial charge in [0.05, 0.1) is 24.5 Å². The molecule has 1 aliphatic heterocycles. The van der Waals surface area contributed by atoms with E-state index in [0.717, 1.165) is 21.9 Å². The normalized spacial score (nSPS) is 15.1. The highest BCUT2D eigenvalue weighted by molar-refractivity contribution is 7.99. The number of aryl methyl sites for hydroxylation is 3. The lowest BCUT2D eigenvalue weighted by Crippen LogP contribution is -2.41. The van der Waals surface area contributed by atoms with Crippen LogP contribution in [-0.4, -0.2) is 57.5 Å². The molecule has 7 heteroatoms. The minimum absolute atomic E-state index is 0.124. The molecule has 6 nitrogen and oxygen atoms in total. The van der Waals surface area contributed by atoms with E-state index in [0.29, 0.717) is 32.1 Å². The molecular formula is C19H22N4O2S. The molecule has 3 aromatic rings. The van der Waals surface area contributed by atoms with Gasteiger partial charge in [-0.1, -0.05) is 11.8 Å². The van der Waals surface area contributed by atoms with Crippen LogP contribution in [0.25, 0.3) is 16.6 Å². The lowest BCUT2D eigenvalue weighted by Gasteiger charge is -2.26. The minimum Gasteiger partial charge on any atom is -0.378 e. The average Bonchev–Trinajstić information content (AvgIpc) is 3.07. The lowest BCUT2D eigenvalue weighted by atomic mass is 10.0. The van der Waals surface area contributed by atoms with Gasteiger partial charge >= 0.3 is 0 Å². The molecule has 0 unspecified atom stereocenters. The average molecular weight is 370 g/mol. The van der Waals surface area contributed by atoms with Crippen molar-refractivity contribution in [3.8, 4) is 0 Å². The molecule has 136 valence electrons. The molecule has 0 atom stereocenters. The molecule has 4 rings (SSSR count). The van der Waals surface area contributed by atoms with E-state index in [4.69, 9.17) is 4.74 Å². The van der Waals surface area contributed by atoms with Crippen molar-refractivity contribution in [2.24, 2.45) is 0 Å². The number of aromatic nitrogens is 3. The van der Waals surface area contributed by atoms with Gasteiger partial charge in [-0.3, -0.25) is 9.20 Å². The van der Waals surface area contributed by atoms with Crippen LogP contribution in [0.4, 0.5) is 0 Å². The topological polar surface area (TPSA) is 59.7 Å².